The average Bonchev–Trinajstić information content (AvgIpc) is 2.98. The average molecular weight is 324 g/mol. The van der Waals surface area contributed by atoms with E-state index in [1.165, 1.54) is 5.56 Å². The predicted molar refractivity (Wildman–Crippen MR) is 91.7 cm³/mol. The van der Waals surface area contributed by atoms with Crippen molar-refractivity contribution < 1.29 is 9.52 Å². The lowest BCUT2D eigenvalue weighted by Crippen LogP contribution is -2.42. The standard InChI is InChI=1S/C19H20N2O3/c22-18-20-16-8-4-7-15(17(16)24-18)19(23)9-11-21(12-10-19)13-14-5-2-1-3-6-14/h1-8,23H,9-13H2,(H,20,22). The van der Waals surface area contributed by atoms with E-state index in [2.05, 4.69) is 22.0 Å². The molecule has 3 aromatic rings. The van der Waals surface area contributed by atoms with E-state index in [4.69, 9.17) is 4.42 Å². The summed E-state index contributed by atoms with van der Waals surface area (Å²) in [5.41, 5.74) is 2.14. The Bertz CT molecular complexity index is 890. The minimum atomic E-state index is -0.954. The van der Waals surface area contributed by atoms with Crippen molar-refractivity contribution in [1.29, 1.82) is 0 Å². The van der Waals surface area contributed by atoms with Gasteiger partial charge >= 0.3 is 5.76 Å². The van der Waals surface area contributed by atoms with E-state index in [-0.39, 0.29) is 0 Å². The Morgan fingerprint density at radius 3 is 2.58 bits per heavy atom. The Balaban J connectivity index is 1.54. The number of oxazole rings is 1. The molecule has 0 radical (unpaired) electrons. The first-order valence-corrected chi connectivity index (χ1v) is 8.25. The van der Waals surface area contributed by atoms with Gasteiger partial charge in [0.05, 0.1) is 11.1 Å². The molecule has 2 aromatic carbocycles. The van der Waals surface area contributed by atoms with Crippen LogP contribution in [0.4, 0.5) is 0 Å². The second-order valence-corrected chi connectivity index (χ2v) is 6.49. The SMILES string of the molecule is O=c1[nH]c2cccc(C3(O)CCN(Cc4ccccc4)CC3)c2o1. The maximum absolute atomic E-state index is 11.5. The van der Waals surface area contributed by atoms with Crippen molar-refractivity contribution in [2.24, 2.45) is 0 Å². The fraction of sp³-hybridized carbons (Fsp3) is 0.316. The van der Waals surface area contributed by atoms with Crippen LogP contribution >= 0.6 is 0 Å². The van der Waals surface area contributed by atoms with Gasteiger partial charge in [-0.1, -0.05) is 42.5 Å². The number of rotatable bonds is 3. The van der Waals surface area contributed by atoms with Crippen molar-refractivity contribution in [3.8, 4) is 0 Å². The van der Waals surface area contributed by atoms with Crippen molar-refractivity contribution in [2.75, 3.05) is 13.1 Å². The van der Waals surface area contributed by atoms with Crippen LogP contribution in [0.2, 0.25) is 0 Å². The van der Waals surface area contributed by atoms with Gasteiger partial charge in [0.25, 0.3) is 0 Å². The minimum absolute atomic E-state index is 0.474. The molecule has 0 unspecified atom stereocenters. The van der Waals surface area contributed by atoms with Crippen molar-refractivity contribution in [2.45, 2.75) is 25.0 Å². The summed E-state index contributed by atoms with van der Waals surface area (Å²) in [6.07, 6.45) is 1.24. The zero-order chi connectivity index (χ0) is 16.6. The summed E-state index contributed by atoms with van der Waals surface area (Å²) < 4.78 is 5.26. The lowest BCUT2D eigenvalue weighted by molar-refractivity contribution is -0.0272. The highest BCUT2D eigenvalue weighted by Gasteiger charge is 2.36. The van der Waals surface area contributed by atoms with Crippen LogP contribution in [-0.2, 0) is 12.1 Å². The number of H-pyrrole nitrogens is 1. The Kier molecular flexibility index (Phi) is 3.75. The number of piperidine rings is 1. The fourth-order valence-corrected chi connectivity index (χ4v) is 3.53. The quantitative estimate of drug-likeness (QED) is 0.777. The van der Waals surface area contributed by atoms with E-state index in [9.17, 15) is 9.90 Å². The summed E-state index contributed by atoms with van der Waals surface area (Å²) in [5, 5.41) is 11.1. The van der Waals surface area contributed by atoms with Crippen LogP contribution in [0.25, 0.3) is 11.1 Å². The van der Waals surface area contributed by atoms with Crippen LogP contribution in [0, 0.1) is 0 Å². The molecule has 5 heteroatoms. The van der Waals surface area contributed by atoms with Crippen LogP contribution in [0.15, 0.2) is 57.7 Å². The number of nitrogens with zero attached hydrogens (tertiary/aromatic N) is 1. The topological polar surface area (TPSA) is 69.5 Å². The molecule has 1 saturated heterocycles. The van der Waals surface area contributed by atoms with Gasteiger partial charge in [-0.05, 0) is 24.5 Å². The lowest BCUT2D eigenvalue weighted by atomic mass is 9.84. The first-order valence-electron chi connectivity index (χ1n) is 8.25. The summed E-state index contributed by atoms with van der Waals surface area (Å²) in [7, 11) is 0. The molecule has 0 amide bonds. The zero-order valence-electron chi connectivity index (χ0n) is 13.4. The highest BCUT2D eigenvalue weighted by atomic mass is 16.4. The second kappa shape index (κ2) is 5.92. The molecule has 0 spiro atoms. The van der Waals surface area contributed by atoms with Gasteiger partial charge in [0.2, 0.25) is 0 Å². The second-order valence-electron chi connectivity index (χ2n) is 6.49. The summed E-state index contributed by atoms with van der Waals surface area (Å²) in [6, 6.07) is 15.8. The maximum atomic E-state index is 11.5. The minimum Gasteiger partial charge on any atom is -0.407 e. The van der Waals surface area contributed by atoms with Gasteiger partial charge in [0, 0.05) is 25.2 Å². The van der Waals surface area contributed by atoms with E-state index in [0.29, 0.717) is 29.5 Å². The van der Waals surface area contributed by atoms with Crippen molar-refractivity contribution in [3.63, 3.8) is 0 Å². The highest BCUT2D eigenvalue weighted by molar-refractivity contribution is 5.76. The first-order chi connectivity index (χ1) is 11.6. The van der Waals surface area contributed by atoms with Crippen LogP contribution in [0.1, 0.15) is 24.0 Å². The summed E-state index contributed by atoms with van der Waals surface area (Å²) >= 11 is 0. The normalized spacial score (nSPS) is 18.0. The molecule has 2 heterocycles. The van der Waals surface area contributed by atoms with Gasteiger partial charge in [0.1, 0.15) is 0 Å². The zero-order valence-corrected chi connectivity index (χ0v) is 13.4. The third-order valence-corrected chi connectivity index (χ3v) is 4.88. The number of fused-ring (bicyclic) bond motifs is 1. The van der Waals surface area contributed by atoms with E-state index < -0.39 is 11.4 Å². The molecule has 1 aliphatic heterocycles. The Morgan fingerprint density at radius 2 is 1.83 bits per heavy atom. The molecule has 4 rings (SSSR count). The van der Waals surface area contributed by atoms with Crippen LogP contribution < -0.4 is 5.76 Å². The van der Waals surface area contributed by atoms with Gasteiger partial charge in [-0.25, -0.2) is 4.79 Å². The Labute approximate surface area is 139 Å². The van der Waals surface area contributed by atoms with Gasteiger partial charge < -0.3 is 9.52 Å². The van der Waals surface area contributed by atoms with Crippen LogP contribution in [-0.4, -0.2) is 28.1 Å². The number of hydrogen-bond donors (Lipinski definition) is 2. The van der Waals surface area contributed by atoms with Gasteiger partial charge in [-0.2, -0.15) is 0 Å². The highest BCUT2D eigenvalue weighted by Crippen LogP contribution is 2.36. The molecule has 0 saturated carbocycles. The predicted octanol–water partition coefficient (Wildman–Crippen LogP) is 2.60. The van der Waals surface area contributed by atoms with E-state index >= 15 is 0 Å². The molecular formula is C19H20N2O3. The number of aromatic amines is 1. The summed E-state index contributed by atoms with van der Waals surface area (Å²) in [5.74, 6) is -0.484. The van der Waals surface area contributed by atoms with Gasteiger partial charge in [0.15, 0.2) is 5.58 Å². The molecule has 1 aliphatic rings. The van der Waals surface area contributed by atoms with Crippen LogP contribution in [0.5, 0.6) is 0 Å². The van der Waals surface area contributed by atoms with E-state index in [1.54, 1.807) is 6.07 Å². The third kappa shape index (κ3) is 2.77. The molecule has 0 aliphatic carbocycles. The smallest absolute Gasteiger partial charge is 0.407 e. The number of benzene rings is 2. The molecule has 0 atom stereocenters. The Morgan fingerprint density at radius 1 is 1.08 bits per heavy atom. The number of aliphatic hydroxyl groups is 1. The summed E-state index contributed by atoms with van der Waals surface area (Å²) in [4.78, 5) is 16.5. The molecule has 0 bridgehead atoms. The molecule has 5 nitrogen and oxygen atoms in total. The number of nitrogens with one attached hydrogen (secondary N) is 1. The molecular weight excluding hydrogens is 304 g/mol. The van der Waals surface area contributed by atoms with Crippen molar-refractivity contribution in [1.82, 2.24) is 9.88 Å². The largest absolute Gasteiger partial charge is 0.417 e. The number of aromatic nitrogens is 1. The van der Waals surface area contributed by atoms with E-state index in [0.717, 1.165) is 19.6 Å². The molecule has 124 valence electrons. The van der Waals surface area contributed by atoms with Crippen molar-refractivity contribution >= 4 is 11.1 Å². The van der Waals surface area contributed by atoms with Crippen molar-refractivity contribution in [3.05, 3.63) is 70.2 Å². The maximum Gasteiger partial charge on any atom is 0.417 e. The monoisotopic (exact) mass is 324 g/mol. The van der Waals surface area contributed by atoms with Crippen LogP contribution in [0.3, 0.4) is 0 Å². The molecule has 1 fully saturated rings. The molecule has 1 aromatic heterocycles. The number of hydrogen-bond acceptors (Lipinski definition) is 4. The van der Waals surface area contributed by atoms with Gasteiger partial charge in [-0.15, -0.1) is 0 Å². The third-order valence-electron chi connectivity index (χ3n) is 4.88. The molecule has 24 heavy (non-hydrogen) atoms. The molecule has 2 N–H and O–H groups in total. The Hall–Kier alpha value is -2.37. The van der Waals surface area contributed by atoms with E-state index in [1.807, 2.05) is 30.3 Å². The fourth-order valence-electron chi connectivity index (χ4n) is 3.53. The summed E-state index contributed by atoms with van der Waals surface area (Å²) in [6.45, 7) is 2.49. The number of likely N-dealkylation sites (tertiary alicyclic amines) is 1. The van der Waals surface area contributed by atoms with Gasteiger partial charge in [-0.3, -0.25) is 9.88 Å². The lowest BCUT2D eigenvalue weighted by Gasteiger charge is -2.38. The number of para-hydroxylation sites is 1. The first kappa shape index (κ1) is 15.2.